The molecule has 4 nitrogen and oxygen atoms in total. The van der Waals surface area contributed by atoms with Crippen molar-refractivity contribution in [2.45, 2.75) is 26.3 Å². The summed E-state index contributed by atoms with van der Waals surface area (Å²) >= 11 is 0. The zero-order chi connectivity index (χ0) is 14.4. The third-order valence-corrected chi connectivity index (χ3v) is 4.20. The summed E-state index contributed by atoms with van der Waals surface area (Å²) in [5.74, 6) is 1.76. The van der Waals surface area contributed by atoms with Crippen LogP contribution in [0.15, 0.2) is 18.2 Å². The Balaban J connectivity index is 1.73. The molecule has 0 spiro atoms. The monoisotopic (exact) mass is 278 g/mol. The first-order valence-electron chi connectivity index (χ1n) is 7.52. The van der Waals surface area contributed by atoms with Gasteiger partial charge < -0.3 is 20.1 Å². The Morgan fingerprint density at radius 1 is 1.35 bits per heavy atom. The Labute approximate surface area is 121 Å². The number of nitrogens with one attached hydrogen (secondary N) is 1. The SMILES string of the molecule is CCN1CCC(CNCc2ccc(OC)cc2O)CC1. The average Bonchev–Trinajstić information content (AvgIpc) is 2.49. The van der Waals surface area contributed by atoms with Crippen molar-refractivity contribution in [3.05, 3.63) is 23.8 Å². The van der Waals surface area contributed by atoms with Gasteiger partial charge in [0, 0.05) is 18.2 Å². The molecule has 1 aromatic rings. The molecule has 4 heteroatoms. The molecule has 2 rings (SSSR count). The van der Waals surface area contributed by atoms with E-state index in [1.165, 1.54) is 32.5 Å². The number of likely N-dealkylation sites (tertiary alicyclic amines) is 1. The number of nitrogens with zero attached hydrogens (tertiary/aromatic N) is 1. The Hall–Kier alpha value is -1.26. The van der Waals surface area contributed by atoms with Crippen molar-refractivity contribution in [1.29, 1.82) is 0 Å². The Morgan fingerprint density at radius 2 is 2.10 bits per heavy atom. The molecule has 112 valence electrons. The normalized spacial score (nSPS) is 17.3. The van der Waals surface area contributed by atoms with Gasteiger partial charge in [-0.15, -0.1) is 0 Å². The second kappa shape index (κ2) is 7.50. The predicted molar refractivity (Wildman–Crippen MR) is 81.2 cm³/mol. The van der Waals surface area contributed by atoms with Crippen molar-refractivity contribution >= 4 is 0 Å². The molecule has 1 aliphatic rings. The summed E-state index contributed by atoms with van der Waals surface area (Å²) in [4.78, 5) is 2.51. The van der Waals surface area contributed by atoms with Gasteiger partial charge >= 0.3 is 0 Å². The summed E-state index contributed by atoms with van der Waals surface area (Å²) in [5, 5.41) is 13.4. The topological polar surface area (TPSA) is 44.7 Å². The number of benzene rings is 1. The lowest BCUT2D eigenvalue weighted by molar-refractivity contribution is 0.190. The largest absolute Gasteiger partial charge is 0.507 e. The van der Waals surface area contributed by atoms with Crippen molar-refractivity contribution in [1.82, 2.24) is 10.2 Å². The van der Waals surface area contributed by atoms with Gasteiger partial charge in [0.25, 0.3) is 0 Å². The molecule has 0 unspecified atom stereocenters. The maximum Gasteiger partial charge on any atom is 0.123 e. The lowest BCUT2D eigenvalue weighted by atomic mass is 9.97. The third-order valence-electron chi connectivity index (χ3n) is 4.20. The molecule has 0 amide bonds. The average molecular weight is 278 g/mol. The first-order valence-corrected chi connectivity index (χ1v) is 7.52. The van der Waals surface area contributed by atoms with E-state index >= 15 is 0 Å². The smallest absolute Gasteiger partial charge is 0.123 e. The molecular formula is C16H26N2O2. The fourth-order valence-electron chi connectivity index (χ4n) is 2.74. The first kappa shape index (κ1) is 15.1. The van der Waals surface area contributed by atoms with E-state index < -0.39 is 0 Å². The van der Waals surface area contributed by atoms with Crippen LogP contribution in [-0.4, -0.2) is 43.3 Å². The minimum atomic E-state index is 0.303. The van der Waals surface area contributed by atoms with Crippen LogP contribution in [-0.2, 0) is 6.54 Å². The van der Waals surface area contributed by atoms with Gasteiger partial charge in [0.2, 0.25) is 0 Å². The zero-order valence-corrected chi connectivity index (χ0v) is 12.6. The second-order valence-electron chi connectivity index (χ2n) is 5.50. The van der Waals surface area contributed by atoms with Crippen LogP contribution >= 0.6 is 0 Å². The molecule has 0 bridgehead atoms. The lowest BCUT2D eigenvalue weighted by Gasteiger charge is -2.31. The van der Waals surface area contributed by atoms with Crippen LogP contribution in [0.3, 0.4) is 0 Å². The van der Waals surface area contributed by atoms with Gasteiger partial charge in [-0.3, -0.25) is 0 Å². The molecule has 1 heterocycles. The maximum absolute atomic E-state index is 9.90. The number of aromatic hydroxyl groups is 1. The highest BCUT2D eigenvalue weighted by Gasteiger charge is 2.17. The summed E-state index contributed by atoms with van der Waals surface area (Å²) in [6.45, 7) is 7.57. The fraction of sp³-hybridized carbons (Fsp3) is 0.625. The molecule has 0 saturated carbocycles. The van der Waals surface area contributed by atoms with Crippen LogP contribution < -0.4 is 10.1 Å². The van der Waals surface area contributed by atoms with E-state index in [0.717, 1.165) is 18.0 Å². The van der Waals surface area contributed by atoms with Gasteiger partial charge in [0.15, 0.2) is 0 Å². The summed E-state index contributed by atoms with van der Waals surface area (Å²) < 4.78 is 5.09. The van der Waals surface area contributed by atoms with Crippen LogP contribution in [0.1, 0.15) is 25.3 Å². The number of ether oxygens (including phenoxy) is 1. The quantitative estimate of drug-likeness (QED) is 0.837. The van der Waals surface area contributed by atoms with Crippen LogP contribution in [0.2, 0.25) is 0 Å². The standard InChI is InChI=1S/C16H26N2O2/c1-3-18-8-6-13(7-9-18)11-17-12-14-4-5-15(20-2)10-16(14)19/h4-5,10,13,17,19H,3,6-9,11-12H2,1-2H3. The molecule has 1 aliphatic heterocycles. The van der Waals surface area contributed by atoms with Crippen molar-refractivity contribution in [2.24, 2.45) is 5.92 Å². The van der Waals surface area contributed by atoms with Crippen molar-refractivity contribution in [3.8, 4) is 11.5 Å². The van der Waals surface area contributed by atoms with Gasteiger partial charge in [-0.1, -0.05) is 13.0 Å². The number of phenolic OH excluding ortho intramolecular Hbond substituents is 1. The van der Waals surface area contributed by atoms with Crippen LogP contribution in [0.25, 0.3) is 0 Å². The number of methoxy groups -OCH3 is 1. The molecule has 1 fully saturated rings. The molecule has 1 aromatic carbocycles. The van der Waals surface area contributed by atoms with Gasteiger partial charge in [-0.05, 0) is 51.0 Å². The summed E-state index contributed by atoms with van der Waals surface area (Å²) in [6.07, 6.45) is 2.55. The van der Waals surface area contributed by atoms with Crippen molar-refractivity contribution < 1.29 is 9.84 Å². The Kier molecular flexibility index (Phi) is 5.68. The number of hydrogen-bond donors (Lipinski definition) is 2. The highest BCUT2D eigenvalue weighted by atomic mass is 16.5. The van der Waals surface area contributed by atoms with E-state index in [2.05, 4.69) is 17.1 Å². The van der Waals surface area contributed by atoms with Gasteiger partial charge in [0.1, 0.15) is 11.5 Å². The van der Waals surface area contributed by atoms with E-state index in [0.29, 0.717) is 18.0 Å². The number of piperidine rings is 1. The van der Waals surface area contributed by atoms with E-state index in [4.69, 9.17) is 4.74 Å². The minimum absolute atomic E-state index is 0.303. The third kappa shape index (κ3) is 4.12. The van der Waals surface area contributed by atoms with Crippen LogP contribution in [0.4, 0.5) is 0 Å². The molecule has 0 aromatic heterocycles. The first-order chi connectivity index (χ1) is 9.72. The van der Waals surface area contributed by atoms with E-state index in [1.807, 2.05) is 12.1 Å². The van der Waals surface area contributed by atoms with Crippen LogP contribution in [0.5, 0.6) is 11.5 Å². The van der Waals surface area contributed by atoms with E-state index in [1.54, 1.807) is 13.2 Å². The van der Waals surface area contributed by atoms with Crippen molar-refractivity contribution in [3.63, 3.8) is 0 Å². The minimum Gasteiger partial charge on any atom is -0.507 e. The lowest BCUT2D eigenvalue weighted by Crippen LogP contribution is -2.36. The molecule has 0 radical (unpaired) electrons. The highest BCUT2D eigenvalue weighted by Crippen LogP contribution is 2.23. The molecule has 2 N–H and O–H groups in total. The summed E-state index contributed by atoms with van der Waals surface area (Å²) in [5.41, 5.74) is 0.928. The number of hydrogen-bond acceptors (Lipinski definition) is 4. The summed E-state index contributed by atoms with van der Waals surface area (Å²) in [7, 11) is 1.61. The molecule has 0 atom stereocenters. The molecule has 1 saturated heterocycles. The number of phenols is 1. The van der Waals surface area contributed by atoms with E-state index in [9.17, 15) is 5.11 Å². The second-order valence-corrected chi connectivity index (χ2v) is 5.50. The summed E-state index contributed by atoms with van der Waals surface area (Å²) in [6, 6.07) is 5.47. The molecule has 0 aliphatic carbocycles. The van der Waals surface area contributed by atoms with Gasteiger partial charge in [-0.2, -0.15) is 0 Å². The Morgan fingerprint density at radius 3 is 2.70 bits per heavy atom. The molecule has 20 heavy (non-hydrogen) atoms. The highest BCUT2D eigenvalue weighted by molar-refractivity contribution is 5.39. The Bertz CT molecular complexity index is 415. The van der Waals surface area contributed by atoms with Gasteiger partial charge in [-0.25, -0.2) is 0 Å². The predicted octanol–water partition coefficient (Wildman–Crippen LogP) is 2.22. The molecular weight excluding hydrogens is 252 g/mol. The fourth-order valence-corrected chi connectivity index (χ4v) is 2.74. The zero-order valence-electron chi connectivity index (χ0n) is 12.6. The van der Waals surface area contributed by atoms with Gasteiger partial charge in [0.05, 0.1) is 7.11 Å². The number of rotatable bonds is 6. The maximum atomic E-state index is 9.90. The van der Waals surface area contributed by atoms with Crippen molar-refractivity contribution in [2.75, 3.05) is 33.3 Å². The van der Waals surface area contributed by atoms with Crippen LogP contribution in [0, 0.1) is 5.92 Å². The van der Waals surface area contributed by atoms with E-state index in [-0.39, 0.29) is 0 Å².